The number of fused-ring (bicyclic) bond motifs is 1. The number of amides is 1. The molecule has 162 valence electrons. The van der Waals surface area contributed by atoms with E-state index in [1.165, 1.54) is 0 Å². The molecule has 0 saturated carbocycles. The Labute approximate surface area is 177 Å². The van der Waals surface area contributed by atoms with Crippen LogP contribution in [0.4, 0.5) is 13.2 Å². The lowest BCUT2D eigenvalue weighted by Gasteiger charge is -2.23. The first-order valence-electron chi connectivity index (χ1n) is 10.1. The Morgan fingerprint density at radius 3 is 2.73 bits per heavy atom. The number of likely N-dealkylation sites (tertiary alicyclic amines) is 1. The zero-order valence-corrected chi connectivity index (χ0v) is 17.5. The number of aromatic nitrogens is 2. The number of hydrogen-bond donors (Lipinski definition) is 1. The van der Waals surface area contributed by atoms with E-state index < -0.39 is 23.4 Å². The standard InChI is InChI=1S/C21H24F3N3O2S/c1-25-16(6-7-18(29)26-8-2-3-13(26)11-28)17-9-12(10-27(17)21(25)30)19-14(22)4-5-15(23)20(19)24/h4-5,12-13,28H,2-3,6-11H2,1H3. The third kappa shape index (κ3) is 3.47. The Morgan fingerprint density at radius 1 is 1.27 bits per heavy atom. The second-order valence-electron chi connectivity index (χ2n) is 8.07. The van der Waals surface area contributed by atoms with Crippen molar-refractivity contribution in [2.45, 2.75) is 50.6 Å². The van der Waals surface area contributed by atoms with E-state index in [0.717, 1.165) is 36.4 Å². The molecule has 2 unspecified atom stereocenters. The van der Waals surface area contributed by atoms with Gasteiger partial charge in [-0.05, 0) is 50.0 Å². The van der Waals surface area contributed by atoms with E-state index in [1.54, 1.807) is 4.90 Å². The van der Waals surface area contributed by atoms with E-state index in [9.17, 15) is 23.1 Å². The largest absolute Gasteiger partial charge is 0.394 e. The molecule has 0 aliphatic carbocycles. The van der Waals surface area contributed by atoms with Crippen molar-refractivity contribution in [2.24, 2.45) is 7.05 Å². The molecular formula is C21H24F3N3O2S. The van der Waals surface area contributed by atoms with E-state index in [2.05, 4.69) is 0 Å². The zero-order valence-electron chi connectivity index (χ0n) is 16.7. The first kappa shape index (κ1) is 21.1. The minimum atomic E-state index is -1.15. The monoisotopic (exact) mass is 439 g/mol. The highest BCUT2D eigenvalue weighted by molar-refractivity contribution is 7.71. The molecule has 2 atom stereocenters. The number of hydrogen-bond acceptors (Lipinski definition) is 3. The van der Waals surface area contributed by atoms with Crippen molar-refractivity contribution in [1.82, 2.24) is 14.0 Å². The summed E-state index contributed by atoms with van der Waals surface area (Å²) in [4.78, 5) is 14.4. The number of aliphatic hydroxyl groups excluding tert-OH is 1. The van der Waals surface area contributed by atoms with Crippen LogP contribution < -0.4 is 0 Å². The highest BCUT2D eigenvalue weighted by Gasteiger charge is 2.33. The molecule has 3 heterocycles. The Morgan fingerprint density at radius 2 is 2.00 bits per heavy atom. The second kappa shape index (κ2) is 8.19. The van der Waals surface area contributed by atoms with Gasteiger partial charge in [0, 0.05) is 49.4 Å². The van der Waals surface area contributed by atoms with Crippen molar-refractivity contribution in [3.05, 3.63) is 51.3 Å². The molecule has 1 N–H and O–H groups in total. The van der Waals surface area contributed by atoms with Crippen molar-refractivity contribution in [3.63, 3.8) is 0 Å². The molecule has 1 aromatic carbocycles. The van der Waals surface area contributed by atoms with Gasteiger partial charge in [-0.2, -0.15) is 0 Å². The van der Waals surface area contributed by atoms with Gasteiger partial charge in [0.15, 0.2) is 16.4 Å². The van der Waals surface area contributed by atoms with Crippen molar-refractivity contribution in [1.29, 1.82) is 0 Å². The molecule has 1 aromatic heterocycles. The summed E-state index contributed by atoms with van der Waals surface area (Å²) in [6.07, 6.45) is 2.73. The molecule has 1 saturated heterocycles. The molecule has 2 aliphatic rings. The van der Waals surface area contributed by atoms with Gasteiger partial charge in [0.25, 0.3) is 0 Å². The number of benzene rings is 1. The van der Waals surface area contributed by atoms with Gasteiger partial charge in [0.1, 0.15) is 5.82 Å². The maximum Gasteiger partial charge on any atom is 0.223 e. The molecule has 2 aromatic rings. The lowest BCUT2D eigenvalue weighted by atomic mass is 9.94. The highest BCUT2D eigenvalue weighted by Crippen LogP contribution is 2.36. The molecule has 0 bridgehead atoms. The summed E-state index contributed by atoms with van der Waals surface area (Å²) in [7, 11) is 1.82. The van der Waals surface area contributed by atoms with Crippen LogP contribution in [0.1, 0.15) is 42.1 Å². The summed E-state index contributed by atoms with van der Waals surface area (Å²) in [5.41, 5.74) is 1.44. The third-order valence-corrected chi connectivity index (χ3v) is 6.89. The van der Waals surface area contributed by atoms with Crippen molar-refractivity contribution >= 4 is 18.1 Å². The SMILES string of the molecule is Cn1c(CCC(=O)N2CCCC2CO)c2n(c1=S)CC(c1c(F)ccc(F)c1F)C2. The van der Waals surface area contributed by atoms with Crippen molar-refractivity contribution < 1.29 is 23.1 Å². The topological polar surface area (TPSA) is 50.4 Å². The van der Waals surface area contributed by atoms with Gasteiger partial charge in [-0.25, -0.2) is 13.2 Å². The highest BCUT2D eigenvalue weighted by atomic mass is 32.1. The summed E-state index contributed by atoms with van der Waals surface area (Å²) < 4.78 is 46.4. The van der Waals surface area contributed by atoms with Gasteiger partial charge in [0.05, 0.1) is 12.6 Å². The van der Waals surface area contributed by atoms with Gasteiger partial charge in [-0.15, -0.1) is 0 Å². The van der Waals surface area contributed by atoms with Crippen LogP contribution in [0.15, 0.2) is 12.1 Å². The molecular weight excluding hydrogens is 415 g/mol. The minimum Gasteiger partial charge on any atom is -0.394 e. The van der Waals surface area contributed by atoms with E-state index >= 15 is 0 Å². The van der Waals surface area contributed by atoms with Gasteiger partial charge in [-0.3, -0.25) is 4.79 Å². The molecule has 9 heteroatoms. The minimum absolute atomic E-state index is 0.0193. The van der Waals surface area contributed by atoms with Crippen LogP contribution in [-0.2, 0) is 31.2 Å². The van der Waals surface area contributed by atoms with Gasteiger partial charge >= 0.3 is 0 Å². The number of aliphatic hydroxyl groups is 1. The fraction of sp³-hybridized carbons (Fsp3) is 0.524. The van der Waals surface area contributed by atoms with Crippen LogP contribution in [0, 0.1) is 22.2 Å². The van der Waals surface area contributed by atoms with Crippen LogP contribution in [0.3, 0.4) is 0 Å². The molecule has 0 spiro atoms. The number of rotatable bonds is 5. The maximum atomic E-state index is 14.3. The van der Waals surface area contributed by atoms with E-state index in [4.69, 9.17) is 12.2 Å². The first-order valence-corrected chi connectivity index (χ1v) is 10.5. The Hall–Kier alpha value is -2.13. The quantitative estimate of drug-likeness (QED) is 0.575. The van der Waals surface area contributed by atoms with Crippen molar-refractivity contribution in [3.8, 4) is 0 Å². The number of imidazole rings is 1. The fourth-order valence-corrected chi connectivity index (χ4v) is 5.14. The molecule has 4 rings (SSSR count). The predicted octanol–water partition coefficient (Wildman–Crippen LogP) is 3.23. The number of halogens is 3. The molecule has 5 nitrogen and oxygen atoms in total. The normalized spacial score (nSPS) is 20.8. The third-order valence-electron chi connectivity index (χ3n) is 6.40. The summed E-state index contributed by atoms with van der Waals surface area (Å²) in [5.74, 6) is -3.55. The lowest BCUT2D eigenvalue weighted by Crippen LogP contribution is -2.37. The van der Waals surface area contributed by atoms with Gasteiger partial charge in [-0.1, -0.05) is 0 Å². The molecule has 2 aliphatic heterocycles. The van der Waals surface area contributed by atoms with E-state index in [1.807, 2.05) is 16.2 Å². The van der Waals surface area contributed by atoms with Crippen LogP contribution in [0.25, 0.3) is 0 Å². The predicted molar refractivity (Wildman–Crippen MR) is 107 cm³/mol. The van der Waals surface area contributed by atoms with Crippen LogP contribution in [-0.4, -0.2) is 44.2 Å². The van der Waals surface area contributed by atoms with Crippen LogP contribution >= 0.6 is 12.2 Å². The van der Waals surface area contributed by atoms with Crippen molar-refractivity contribution in [2.75, 3.05) is 13.2 Å². The smallest absolute Gasteiger partial charge is 0.223 e. The maximum absolute atomic E-state index is 14.3. The molecule has 0 radical (unpaired) electrons. The van der Waals surface area contributed by atoms with Gasteiger partial charge in [0.2, 0.25) is 5.91 Å². The summed E-state index contributed by atoms with van der Waals surface area (Å²) in [6.45, 7) is 0.881. The summed E-state index contributed by atoms with van der Waals surface area (Å²) in [6, 6.07) is 1.61. The summed E-state index contributed by atoms with van der Waals surface area (Å²) in [5, 5.41) is 9.44. The average Bonchev–Trinajstić information content (AvgIpc) is 3.42. The molecule has 30 heavy (non-hydrogen) atoms. The summed E-state index contributed by atoms with van der Waals surface area (Å²) >= 11 is 5.50. The van der Waals surface area contributed by atoms with Crippen LogP contribution in [0.2, 0.25) is 0 Å². The lowest BCUT2D eigenvalue weighted by molar-refractivity contribution is -0.132. The van der Waals surface area contributed by atoms with E-state index in [0.29, 0.717) is 24.2 Å². The van der Waals surface area contributed by atoms with Crippen LogP contribution in [0.5, 0.6) is 0 Å². The Bertz CT molecular complexity index is 1050. The molecule has 1 fully saturated rings. The molecule has 1 amide bonds. The average molecular weight is 440 g/mol. The van der Waals surface area contributed by atoms with Gasteiger partial charge < -0.3 is 19.1 Å². The Balaban J connectivity index is 1.55. The zero-order chi connectivity index (χ0) is 21.6. The number of carbonyl (C=O) groups is 1. The first-order chi connectivity index (χ1) is 14.3. The Kier molecular flexibility index (Phi) is 5.76. The van der Waals surface area contributed by atoms with E-state index in [-0.39, 0.29) is 37.1 Å². The number of carbonyl (C=O) groups excluding carboxylic acids is 1. The second-order valence-corrected chi connectivity index (χ2v) is 8.43. The number of nitrogens with zero attached hydrogens (tertiary/aromatic N) is 3. The fourth-order valence-electron chi connectivity index (χ4n) is 4.84.